The van der Waals surface area contributed by atoms with Gasteiger partial charge in [0.2, 0.25) is 0 Å². The fraction of sp³-hybridized carbons (Fsp3) is 0.316. The monoisotopic (exact) mass is 466 g/mol. The SMILES string of the molecule is CC(NC(=NCc1ccc([N+](=O)[O-])cc1)NC1CC1)c1ccccc1.I. The summed E-state index contributed by atoms with van der Waals surface area (Å²) >= 11 is 0. The van der Waals surface area contributed by atoms with Crippen molar-refractivity contribution in [3.8, 4) is 0 Å². The molecule has 1 saturated carbocycles. The minimum Gasteiger partial charge on any atom is -0.354 e. The molecule has 0 saturated heterocycles. The summed E-state index contributed by atoms with van der Waals surface area (Å²) in [4.78, 5) is 15.0. The number of nitro benzene ring substituents is 1. The van der Waals surface area contributed by atoms with Crippen molar-refractivity contribution in [2.75, 3.05) is 0 Å². The zero-order valence-corrected chi connectivity index (χ0v) is 16.9. The van der Waals surface area contributed by atoms with Gasteiger partial charge in [0.15, 0.2) is 5.96 Å². The van der Waals surface area contributed by atoms with E-state index in [1.54, 1.807) is 12.1 Å². The Morgan fingerprint density at radius 3 is 2.42 bits per heavy atom. The van der Waals surface area contributed by atoms with Crippen molar-refractivity contribution < 1.29 is 4.92 Å². The predicted octanol–water partition coefficient (Wildman–Crippen LogP) is 4.17. The van der Waals surface area contributed by atoms with Gasteiger partial charge in [-0.2, -0.15) is 0 Å². The van der Waals surface area contributed by atoms with E-state index in [1.807, 2.05) is 18.2 Å². The van der Waals surface area contributed by atoms with Crippen LogP contribution in [-0.2, 0) is 6.54 Å². The maximum absolute atomic E-state index is 10.7. The molecular weight excluding hydrogens is 443 g/mol. The molecule has 2 N–H and O–H groups in total. The Kier molecular flexibility index (Phi) is 7.38. The molecule has 7 heteroatoms. The van der Waals surface area contributed by atoms with Crippen molar-refractivity contribution in [3.63, 3.8) is 0 Å². The standard InChI is InChI=1S/C19H22N4O2.HI/c1-14(16-5-3-2-4-6-16)21-19(22-17-9-10-17)20-13-15-7-11-18(12-8-15)23(24)25;/h2-8,11-12,14,17H,9-10,13H2,1H3,(H2,20,21,22);1H. The van der Waals surface area contributed by atoms with Crippen molar-refractivity contribution in [3.05, 3.63) is 75.8 Å². The first kappa shape index (κ1) is 20.2. The zero-order chi connectivity index (χ0) is 17.6. The van der Waals surface area contributed by atoms with Crippen molar-refractivity contribution in [2.24, 2.45) is 4.99 Å². The van der Waals surface area contributed by atoms with E-state index in [2.05, 4.69) is 34.7 Å². The molecule has 1 aliphatic rings. The van der Waals surface area contributed by atoms with Crippen LogP contribution in [0.25, 0.3) is 0 Å². The van der Waals surface area contributed by atoms with Crippen LogP contribution in [0.5, 0.6) is 0 Å². The largest absolute Gasteiger partial charge is 0.354 e. The molecule has 1 atom stereocenters. The highest BCUT2D eigenvalue weighted by molar-refractivity contribution is 14.0. The summed E-state index contributed by atoms with van der Waals surface area (Å²) in [6.45, 7) is 2.58. The lowest BCUT2D eigenvalue weighted by Gasteiger charge is -2.18. The van der Waals surface area contributed by atoms with E-state index >= 15 is 0 Å². The highest BCUT2D eigenvalue weighted by Crippen LogP contribution is 2.19. The van der Waals surface area contributed by atoms with Gasteiger partial charge in [0.1, 0.15) is 0 Å². The number of nitrogens with zero attached hydrogens (tertiary/aromatic N) is 2. The van der Waals surface area contributed by atoms with Gasteiger partial charge in [-0.05, 0) is 30.9 Å². The Hall–Kier alpha value is -2.16. The van der Waals surface area contributed by atoms with E-state index < -0.39 is 4.92 Å². The molecular formula is C19H23IN4O2. The number of nitro groups is 1. The minimum absolute atomic E-state index is 0. The average Bonchev–Trinajstić information content (AvgIpc) is 3.44. The summed E-state index contributed by atoms with van der Waals surface area (Å²) in [6.07, 6.45) is 2.33. The molecule has 0 bridgehead atoms. The molecule has 2 aromatic carbocycles. The van der Waals surface area contributed by atoms with Crippen LogP contribution in [0.15, 0.2) is 59.6 Å². The molecule has 0 aliphatic heterocycles. The van der Waals surface area contributed by atoms with Crippen LogP contribution in [0.4, 0.5) is 5.69 Å². The summed E-state index contributed by atoms with van der Waals surface area (Å²) < 4.78 is 0. The van der Waals surface area contributed by atoms with E-state index in [4.69, 9.17) is 0 Å². The summed E-state index contributed by atoms with van der Waals surface area (Å²) in [5.74, 6) is 0.775. The number of benzene rings is 2. The smallest absolute Gasteiger partial charge is 0.269 e. The second-order valence-electron chi connectivity index (χ2n) is 6.28. The molecule has 1 fully saturated rings. The Morgan fingerprint density at radius 1 is 1.19 bits per heavy atom. The lowest BCUT2D eigenvalue weighted by Crippen LogP contribution is -2.40. The van der Waals surface area contributed by atoms with E-state index in [0.29, 0.717) is 12.6 Å². The van der Waals surface area contributed by atoms with Crippen molar-refractivity contribution in [1.82, 2.24) is 10.6 Å². The molecule has 138 valence electrons. The first-order valence-electron chi connectivity index (χ1n) is 8.47. The Balaban J connectivity index is 0.00000243. The molecule has 0 radical (unpaired) electrons. The summed E-state index contributed by atoms with van der Waals surface area (Å²) in [6, 6.07) is 17.4. The molecule has 1 unspecified atom stereocenters. The average molecular weight is 466 g/mol. The van der Waals surface area contributed by atoms with E-state index in [9.17, 15) is 10.1 Å². The van der Waals surface area contributed by atoms with Crippen LogP contribution in [0.3, 0.4) is 0 Å². The lowest BCUT2D eigenvalue weighted by atomic mass is 10.1. The van der Waals surface area contributed by atoms with Gasteiger partial charge in [-0.15, -0.1) is 24.0 Å². The maximum atomic E-state index is 10.7. The van der Waals surface area contributed by atoms with Crippen LogP contribution < -0.4 is 10.6 Å². The van der Waals surface area contributed by atoms with Gasteiger partial charge >= 0.3 is 0 Å². The quantitative estimate of drug-likeness (QED) is 0.220. The van der Waals surface area contributed by atoms with Crippen LogP contribution in [0.2, 0.25) is 0 Å². The fourth-order valence-corrected chi connectivity index (χ4v) is 2.48. The third-order valence-electron chi connectivity index (χ3n) is 4.14. The second-order valence-corrected chi connectivity index (χ2v) is 6.28. The Bertz CT molecular complexity index is 746. The molecule has 0 heterocycles. The van der Waals surface area contributed by atoms with Crippen LogP contribution in [-0.4, -0.2) is 16.9 Å². The number of halogens is 1. The summed E-state index contributed by atoms with van der Waals surface area (Å²) in [5.41, 5.74) is 2.23. The van der Waals surface area contributed by atoms with Crippen molar-refractivity contribution in [2.45, 2.75) is 38.4 Å². The molecule has 3 rings (SSSR count). The van der Waals surface area contributed by atoms with Gasteiger partial charge in [0.25, 0.3) is 5.69 Å². The first-order valence-corrected chi connectivity index (χ1v) is 8.47. The van der Waals surface area contributed by atoms with Crippen LogP contribution >= 0.6 is 24.0 Å². The summed E-state index contributed by atoms with van der Waals surface area (Å²) in [7, 11) is 0. The Labute approximate surface area is 170 Å². The molecule has 1 aliphatic carbocycles. The van der Waals surface area contributed by atoms with Gasteiger partial charge < -0.3 is 10.6 Å². The third-order valence-corrected chi connectivity index (χ3v) is 4.14. The lowest BCUT2D eigenvalue weighted by molar-refractivity contribution is -0.384. The number of hydrogen-bond acceptors (Lipinski definition) is 3. The van der Waals surface area contributed by atoms with Gasteiger partial charge in [-0.1, -0.05) is 42.5 Å². The number of guanidine groups is 1. The van der Waals surface area contributed by atoms with E-state index in [1.165, 1.54) is 17.7 Å². The van der Waals surface area contributed by atoms with Gasteiger partial charge in [0.05, 0.1) is 17.5 Å². The first-order chi connectivity index (χ1) is 12.1. The molecule has 6 nitrogen and oxygen atoms in total. The fourth-order valence-electron chi connectivity index (χ4n) is 2.48. The highest BCUT2D eigenvalue weighted by atomic mass is 127. The summed E-state index contributed by atoms with van der Waals surface area (Å²) in [5, 5.41) is 17.6. The molecule has 2 aromatic rings. The van der Waals surface area contributed by atoms with Crippen molar-refractivity contribution >= 4 is 35.6 Å². The number of non-ortho nitro benzene ring substituents is 1. The van der Waals surface area contributed by atoms with Gasteiger partial charge in [0, 0.05) is 18.2 Å². The van der Waals surface area contributed by atoms with Crippen LogP contribution in [0, 0.1) is 10.1 Å². The topological polar surface area (TPSA) is 79.6 Å². The third kappa shape index (κ3) is 5.98. The number of nitrogens with one attached hydrogen (secondary N) is 2. The van der Waals surface area contributed by atoms with Crippen LogP contribution in [0.1, 0.15) is 36.9 Å². The number of rotatable bonds is 6. The number of aliphatic imine (C=N–C) groups is 1. The predicted molar refractivity (Wildman–Crippen MR) is 114 cm³/mol. The molecule has 0 spiro atoms. The Morgan fingerprint density at radius 2 is 1.85 bits per heavy atom. The minimum atomic E-state index is -0.393. The normalized spacial score (nSPS) is 14.9. The molecule has 0 aromatic heterocycles. The zero-order valence-electron chi connectivity index (χ0n) is 14.6. The van der Waals surface area contributed by atoms with E-state index in [-0.39, 0.29) is 35.7 Å². The molecule has 26 heavy (non-hydrogen) atoms. The highest BCUT2D eigenvalue weighted by Gasteiger charge is 2.23. The van der Waals surface area contributed by atoms with E-state index in [0.717, 1.165) is 24.4 Å². The van der Waals surface area contributed by atoms with Crippen molar-refractivity contribution in [1.29, 1.82) is 0 Å². The molecule has 0 amide bonds. The maximum Gasteiger partial charge on any atom is 0.269 e. The van der Waals surface area contributed by atoms with Gasteiger partial charge in [-0.3, -0.25) is 10.1 Å². The number of hydrogen-bond donors (Lipinski definition) is 2. The second kappa shape index (κ2) is 9.51. The van der Waals surface area contributed by atoms with Gasteiger partial charge in [-0.25, -0.2) is 4.99 Å².